The van der Waals surface area contributed by atoms with Crippen LogP contribution in [0.4, 0.5) is 5.88 Å². The molecule has 2 aliphatic heterocycles. The van der Waals surface area contributed by atoms with Gasteiger partial charge in [-0.05, 0) is 37.3 Å². The highest BCUT2D eigenvalue weighted by molar-refractivity contribution is 5.79. The second-order valence-electron chi connectivity index (χ2n) is 7.20. The van der Waals surface area contributed by atoms with Gasteiger partial charge in [-0.25, -0.2) is 0 Å². The van der Waals surface area contributed by atoms with Gasteiger partial charge in [0, 0.05) is 32.1 Å². The molecule has 136 valence electrons. The third kappa shape index (κ3) is 3.07. The molecular formula is C19H22N4O3. The third-order valence-corrected chi connectivity index (χ3v) is 5.31. The summed E-state index contributed by atoms with van der Waals surface area (Å²) in [5.41, 5.74) is 0.259. The normalized spacial score (nSPS) is 21.2. The van der Waals surface area contributed by atoms with Crippen LogP contribution in [0.25, 0.3) is 11.7 Å². The van der Waals surface area contributed by atoms with Gasteiger partial charge in [0.15, 0.2) is 5.76 Å². The van der Waals surface area contributed by atoms with Crippen LogP contribution in [0.15, 0.2) is 27.2 Å². The molecule has 4 rings (SSSR count). The van der Waals surface area contributed by atoms with Gasteiger partial charge in [0.25, 0.3) is 5.89 Å². The molecule has 2 aromatic rings. The van der Waals surface area contributed by atoms with Gasteiger partial charge in [0.05, 0.1) is 6.26 Å². The standard InChI is InChI=1S/C19H22N4O3/c1-13-4-7-23(12-13)18(24)14-5-8-22(9-6-14)19-15(11-20)21-17(26-19)16-3-2-10-25-16/h2-3,10,13-14H,4-9,12H2,1H3/t13-/m0/s1. The molecule has 4 heterocycles. The molecule has 1 amide bonds. The highest BCUT2D eigenvalue weighted by atomic mass is 16.4. The van der Waals surface area contributed by atoms with Gasteiger partial charge < -0.3 is 18.6 Å². The van der Waals surface area contributed by atoms with Crippen molar-refractivity contribution in [2.24, 2.45) is 11.8 Å². The quantitative estimate of drug-likeness (QED) is 0.842. The fraction of sp³-hybridized carbons (Fsp3) is 0.526. The highest BCUT2D eigenvalue weighted by Gasteiger charge is 2.33. The fourth-order valence-electron chi connectivity index (χ4n) is 3.83. The minimum Gasteiger partial charge on any atom is -0.459 e. The number of rotatable bonds is 3. The molecule has 7 nitrogen and oxygen atoms in total. The van der Waals surface area contributed by atoms with E-state index in [0.717, 1.165) is 32.4 Å². The van der Waals surface area contributed by atoms with Crippen LogP contribution in [0.3, 0.4) is 0 Å². The van der Waals surface area contributed by atoms with Crippen LogP contribution in [0, 0.1) is 23.2 Å². The molecule has 2 aliphatic rings. The van der Waals surface area contributed by atoms with Crippen molar-refractivity contribution in [2.75, 3.05) is 31.1 Å². The van der Waals surface area contributed by atoms with Crippen molar-refractivity contribution in [3.05, 3.63) is 24.1 Å². The third-order valence-electron chi connectivity index (χ3n) is 5.31. The summed E-state index contributed by atoms with van der Waals surface area (Å²) in [6.07, 6.45) is 4.18. The van der Waals surface area contributed by atoms with Crippen molar-refractivity contribution in [1.29, 1.82) is 5.26 Å². The average molecular weight is 354 g/mol. The second-order valence-corrected chi connectivity index (χ2v) is 7.20. The molecule has 0 N–H and O–H groups in total. The largest absolute Gasteiger partial charge is 0.459 e. The van der Waals surface area contributed by atoms with Crippen LogP contribution >= 0.6 is 0 Å². The van der Waals surface area contributed by atoms with Crippen LogP contribution in [0.1, 0.15) is 31.9 Å². The minimum absolute atomic E-state index is 0.0644. The molecule has 1 atom stereocenters. The lowest BCUT2D eigenvalue weighted by Gasteiger charge is -2.32. The predicted molar refractivity (Wildman–Crippen MR) is 94.2 cm³/mol. The molecule has 2 fully saturated rings. The molecule has 0 bridgehead atoms. The van der Waals surface area contributed by atoms with Gasteiger partial charge >= 0.3 is 0 Å². The maximum atomic E-state index is 12.7. The molecule has 0 spiro atoms. The van der Waals surface area contributed by atoms with E-state index in [1.165, 1.54) is 0 Å². The second kappa shape index (κ2) is 6.87. The first-order chi connectivity index (χ1) is 12.7. The maximum Gasteiger partial charge on any atom is 0.266 e. The topological polar surface area (TPSA) is 86.5 Å². The molecule has 0 radical (unpaired) electrons. The van der Waals surface area contributed by atoms with Gasteiger partial charge in [-0.1, -0.05) is 6.92 Å². The van der Waals surface area contributed by atoms with Crippen LogP contribution in [-0.4, -0.2) is 42.0 Å². The molecule has 0 saturated carbocycles. The first kappa shape index (κ1) is 16.7. The summed E-state index contributed by atoms with van der Waals surface area (Å²) in [6.45, 7) is 5.32. The van der Waals surface area contributed by atoms with E-state index < -0.39 is 0 Å². The van der Waals surface area contributed by atoms with E-state index in [0.29, 0.717) is 36.5 Å². The van der Waals surface area contributed by atoms with E-state index in [1.54, 1.807) is 18.4 Å². The van der Waals surface area contributed by atoms with Crippen LogP contribution < -0.4 is 4.90 Å². The number of amides is 1. The number of furan rings is 1. The summed E-state index contributed by atoms with van der Waals surface area (Å²) in [5, 5.41) is 9.38. The number of aromatic nitrogens is 1. The zero-order valence-electron chi connectivity index (χ0n) is 14.9. The Morgan fingerprint density at radius 3 is 2.73 bits per heavy atom. The Bertz CT molecular complexity index is 812. The van der Waals surface area contributed by atoms with E-state index in [2.05, 4.69) is 18.0 Å². The fourth-order valence-corrected chi connectivity index (χ4v) is 3.83. The zero-order valence-corrected chi connectivity index (χ0v) is 14.9. The highest BCUT2D eigenvalue weighted by Crippen LogP contribution is 2.32. The number of nitrogens with zero attached hydrogens (tertiary/aromatic N) is 4. The molecule has 7 heteroatoms. The average Bonchev–Trinajstić information content (AvgIpc) is 3.41. The number of hydrogen-bond donors (Lipinski definition) is 0. The smallest absolute Gasteiger partial charge is 0.266 e. The number of carbonyl (C=O) groups excluding carboxylic acids is 1. The number of hydrogen-bond acceptors (Lipinski definition) is 6. The molecule has 26 heavy (non-hydrogen) atoms. The van der Waals surface area contributed by atoms with E-state index in [4.69, 9.17) is 8.83 Å². The van der Waals surface area contributed by atoms with E-state index >= 15 is 0 Å². The lowest BCUT2D eigenvalue weighted by molar-refractivity contribution is -0.135. The van der Waals surface area contributed by atoms with Crippen molar-refractivity contribution >= 4 is 11.8 Å². The van der Waals surface area contributed by atoms with Gasteiger partial charge in [0.2, 0.25) is 17.5 Å². The monoisotopic (exact) mass is 354 g/mol. The summed E-state index contributed by atoms with van der Waals surface area (Å²) in [7, 11) is 0. The molecule has 0 aliphatic carbocycles. The first-order valence-corrected chi connectivity index (χ1v) is 9.14. The summed E-state index contributed by atoms with van der Waals surface area (Å²) in [4.78, 5) is 20.9. The number of carbonyl (C=O) groups is 1. The Balaban J connectivity index is 1.43. The summed E-state index contributed by atoms with van der Waals surface area (Å²) >= 11 is 0. The Morgan fingerprint density at radius 2 is 2.12 bits per heavy atom. The van der Waals surface area contributed by atoms with Crippen LogP contribution in [-0.2, 0) is 4.79 Å². The minimum atomic E-state index is 0.0644. The van der Waals surface area contributed by atoms with Crippen LogP contribution in [0.2, 0.25) is 0 Å². The van der Waals surface area contributed by atoms with Gasteiger partial charge in [0.1, 0.15) is 6.07 Å². The number of likely N-dealkylation sites (tertiary alicyclic amines) is 1. The molecular weight excluding hydrogens is 332 g/mol. The zero-order chi connectivity index (χ0) is 18.1. The maximum absolute atomic E-state index is 12.7. The van der Waals surface area contributed by atoms with E-state index in [1.807, 2.05) is 9.80 Å². The Kier molecular flexibility index (Phi) is 4.41. The Labute approximate surface area is 152 Å². The van der Waals surface area contributed by atoms with E-state index in [9.17, 15) is 10.1 Å². The van der Waals surface area contributed by atoms with Gasteiger partial charge in [-0.2, -0.15) is 10.2 Å². The number of oxazole rings is 1. The number of anilines is 1. The molecule has 2 saturated heterocycles. The van der Waals surface area contributed by atoms with Gasteiger partial charge in [-0.3, -0.25) is 4.79 Å². The van der Waals surface area contributed by atoms with Crippen molar-refractivity contribution in [2.45, 2.75) is 26.2 Å². The van der Waals surface area contributed by atoms with E-state index in [-0.39, 0.29) is 17.5 Å². The van der Waals surface area contributed by atoms with Gasteiger partial charge in [-0.15, -0.1) is 0 Å². The van der Waals surface area contributed by atoms with Crippen molar-refractivity contribution in [3.8, 4) is 17.7 Å². The number of nitriles is 1. The molecule has 0 unspecified atom stereocenters. The van der Waals surface area contributed by atoms with Crippen molar-refractivity contribution in [3.63, 3.8) is 0 Å². The predicted octanol–water partition coefficient (Wildman–Crippen LogP) is 2.89. The molecule has 2 aromatic heterocycles. The lowest BCUT2D eigenvalue weighted by atomic mass is 9.95. The van der Waals surface area contributed by atoms with Crippen molar-refractivity contribution < 1.29 is 13.6 Å². The van der Waals surface area contributed by atoms with Crippen molar-refractivity contribution in [1.82, 2.24) is 9.88 Å². The summed E-state index contributed by atoms with van der Waals surface area (Å²) < 4.78 is 11.1. The van der Waals surface area contributed by atoms with Crippen LogP contribution in [0.5, 0.6) is 0 Å². The molecule has 0 aromatic carbocycles. The SMILES string of the molecule is C[C@H]1CCN(C(=O)C2CCN(c3oc(-c4ccco4)nc3C#N)CC2)C1. The number of piperidine rings is 1. The summed E-state index contributed by atoms with van der Waals surface area (Å²) in [5.74, 6) is 2.23. The first-order valence-electron chi connectivity index (χ1n) is 9.14. The Morgan fingerprint density at radius 1 is 1.31 bits per heavy atom. The summed E-state index contributed by atoms with van der Waals surface area (Å²) in [6, 6.07) is 5.60. The Hall–Kier alpha value is -2.75. The lowest BCUT2D eigenvalue weighted by Crippen LogP contribution is -2.42.